The fourth-order valence-corrected chi connectivity index (χ4v) is 5.25. The van der Waals surface area contributed by atoms with E-state index in [-0.39, 0.29) is 18.6 Å². The van der Waals surface area contributed by atoms with Gasteiger partial charge < -0.3 is 19.3 Å². The third-order valence-corrected chi connectivity index (χ3v) is 6.97. The number of ether oxygens (including phenoxy) is 2. The normalized spacial score (nSPS) is 19.3. The molecule has 2 aliphatic rings. The first kappa shape index (κ1) is 25.5. The molecule has 2 aromatic carbocycles. The van der Waals surface area contributed by atoms with Gasteiger partial charge >= 0.3 is 6.09 Å². The number of hydrogen-bond acceptors (Lipinski definition) is 7. The van der Waals surface area contributed by atoms with E-state index in [2.05, 4.69) is 52.9 Å². The van der Waals surface area contributed by atoms with E-state index in [0.717, 1.165) is 29.8 Å². The molecular formula is C30H33N5O3. The molecule has 3 heterocycles. The van der Waals surface area contributed by atoms with Gasteiger partial charge in [0.05, 0.1) is 24.1 Å². The van der Waals surface area contributed by atoms with E-state index in [1.54, 1.807) is 11.0 Å². The number of nitriles is 1. The van der Waals surface area contributed by atoms with Crippen LogP contribution >= 0.6 is 0 Å². The maximum Gasteiger partial charge on any atom is 0.410 e. The molecule has 3 aromatic rings. The standard InChI is InChI=1S/C30H33N5O3/c1-5-26-32-27(34-17-18-35(21(19-34)15-16-31)29(36)38-30(2,3)4)24-13-14-25(37-28(24)33-26)23-12-8-10-20-9-6-7-11-22(20)23/h5-12,21,25H,1,13-15,17-19H2,2-4H3/t21-,25?/m0/s1. The van der Waals surface area contributed by atoms with Crippen LogP contribution < -0.4 is 9.64 Å². The Kier molecular flexibility index (Phi) is 6.94. The summed E-state index contributed by atoms with van der Waals surface area (Å²) in [5, 5.41) is 11.8. The Morgan fingerprint density at radius 2 is 2.00 bits per heavy atom. The number of nitrogens with zero attached hydrogens (tertiary/aromatic N) is 5. The second kappa shape index (κ2) is 10.3. The molecule has 5 rings (SSSR count). The Morgan fingerprint density at radius 3 is 2.76 bits per heavy atom. The highest BCUT2D eigenvalue weighted by molar-refractivity contribution is 5.86. The van der Waals surface area contributed by atoms with E-state index in [4.69, 9.17) is 14.5 Å². The van der Waals surface area contributed by atoms with Crippen molar-refractivity contribution in [3.63, 3.8) is 0 Å². The minimum Gasteiger partial charge on any atom is -0.469 e. The first-order valence-corrected chi connectivity index (χ1v) is 13.1. The summed E-state index contributed by atoms with van der Waals surface area (Å²) in [6.45, 7) is 10.9. The second-order valence-electron chi connectivity index (χ2n) is 10.7. The van der Waals surface area contributed by atoms with Gasteiger partial charge in [-0.05, 0) is 50.5 Å². The van der Waals surface area contributed by atoms with E-state index in [1.165, 1.54) is 10.8 Å². The second-order valence-corrected chi connectivity index (χ2v) is 10.7. The molecule has 0 N–H and O–H groups in total. The minimum absolute atomic E-state index is 0.121. The summed E-state index contributed by atoms with van der Waals surface area (Å²) in [5.74, 6) is 1.84. The molecule has 0 aliphatic carbocycles. The van der Waals surface area contributed by atoms with Crippen molar-refractivity contribution in [2.45, 2.75) is 57.8 Å². The van der Waals surface area contributed by atoms with Gasteiger partial charge in [0.15, 0.2) is 5.82 Å². The lowest BCUT2D eigenvalue weighted by Gasteiger charge is -2.42. The lowest BCUT2D eigenvalue weighted by atomic mass is 9.94. The Labute approximate surface area is 223 Å². The number of carbonyl (C=O) groups excluding carboxylic acids is 1. The van der Waals surface area contributed by atoms with Crippen molar-refractivity contribution in [3.05, 3.63) is 66.0 Å². The Hall–Kier alpha value is -4.12. The molecule has 1 fully saturated rings. The van der Waals surface area contributed by atoms with Gasteiger partial charge in [-0.25, -0.2) is 9.78 Å². The van der Waals surface area contributed by atoms with Crippen LogP contribution in [0.5, 0.6) is 5.88 Å². The zero-order valence-electron chi connectivity index (χ0n) is 22.2. The molecule has 8 heteroatoms. The number of carbonyl (C=O) groups is 1. The van der Waals surface area contributed by atoms with Crippen LogP contribution in [-0.2, 0) is 11.2 Å². The molecule has 2 aliphatic heterocycles. The summed E-state index contributed by atoms with van der Waals surface area (Å²) in [7, 11) is 0. The quantitative estimate of drug-likeness (QED) is 0.445. The predicted molar refractivity (Wildman–Crippen MR) is 147 cm³/mol. The van der Waals surface area contributed by atoms with Crippen LogP contribution in [0.1, 0.15) is 56.7 Å². The van der Waals surface area contributed by atoms with Crippen LogP contribution in [0, 0.1) is 11.3 Å². The van der Waals surface area contributed by atoms with Crippen molar-refractivity contribution in [1.29, 1.82) is 5.26 Å². The number of rotatable bonds is 4. The SMILES string of the molecule is C=Cc1nc2c(c(N3CCN(C(=O)OC(C)(C)C)[C@@H](CC#N)C3)n1)CCC(c1cccc3ccccc13)O2. The molecule has 1 saturated heterocycles. The molecular weight excluding hydrogens is 478 g/mol. The number of anilines is 1. The summed E-state index contributed by atoms with van der Waals surface area (Å²) in [5.41, 5.74) is 1.50. The summed E-state index contributed by atoms with van der Waals surface area (Å²) in [4.78, 5) is 26.1. The van der Waals surface area contributed by atoms with E-state index < -0.39 is 11.7 Å². The average Bonchev–Trinajstić information content (AvgIpc) is 2.91. The van der Waals surface area contributed by atoms with E-state index in [9.17, 15) is 10.1 Å². The van der Waals surface area contributed by atoms with Gasteiger partial charge in [-0.15, -0.1) is 0 Å². The third-order valence-electron chi connectivity index (χ3n) is 6.97. The van der Waals surface area contributed by atoms with Gasteiger partial charge in [-0.3, -0.25) is 0 Å². The highest BCUT2D eigenvalue weighted by Gasteiger charge is 2.36. The number of aromatic nitrogens is 2. The van der Waals surface area contributed by atoms with E-state index in [0.29, 0.717) is 31.3 Å². The molecule has 196 valence electrons. The smallest absolute Gasteiger partial charge is 0.410 e. The van der Waals surface area contributed by atoms with Crippen LogP contribution in [0.15, 0.2) is 49.0 Å². The molecule has 1 amide bonds. The number of piperazine rings is 1. The molecule has 8 nitrogen and oxygen atoms in total. The van der Waals surface area contributed by atoms with Gasteiger partial charge in [0.25, 0.3) is 0 Å². The van der Waals surface area contributed by atoms with Crippen molar-refractivity contribution >= 4 is 28.8 Å². The average molecular weight is 512 g/mol. The molecule has 1 unspecified atom stereocenters. The van der Waals surface area contributed by atoms with Crippen molar-refractivity contribution in [3.8, 4) is 11.9 Å². The summed E-state index contributed by atoms with van der Waals surface area (Å²) in [6, 6.07) is 16.6. The number of hydrogen-bond donors (Lipinski definition) is 0. The lowest BCUT2D eigenvalue weighted by molar-refractivity contribution is 0.0144. The van der Waals surface area contributed by atoms with Crippen LogP contribution in [0.25, 0.3) is 16.8 Å². The fourth-order valence-electron chi connectivity index (χ4n) is 5.25. The van der Waals surface area contributed by atoms with Crippen molar-refractivity contribution in [2.75, 3.05) is 24.5 Å². The third kappa shape index (κ3) is 5.14. The Balaban J connectivity index is 1.43. The van der Waals surface area contributed by atoms with Crippen molar-refractivity contribution < 1.29 is 14.3 Å². The molecule has 0 bridgehead atoms. The highest BCUT2D eigenvalue weighted by Crippen LogP contribution is 2.40. The van der Waals surface area contributed by atoms with Crippen molar-refractivity contribution in [2.24, 2.45) is 0 Å². The lowest BCUT2D eigenvalue weighted by Crippen LogP contribution is -2.56. The van der Waals surface area contributed by atoms with Gasteiger partial charge in [0, 0.05) is 25.2 Å². The van der Waals surface area contributed by atoms with Crippen LogP contribution in [-0.4, -0.2) is 52.2 Å². The van der Waals surface area contributed by atoms with E-state index >= 15 is 0 Å². The molecule has 0 spiro atoms. The molecule has 2 atom stereocenters. The van der Waals surface area contributed by atoms with Gasteiger partial charge in [-0.1, -0.05) is 49.0 Å². The molecule has 0 radical (unpaired) electrons. The summed E-state index contributed by atoms with van der Waals surface area (Å²) in [6.07, 6.45) is 2.87. The van der Waals surface area contributed by atoms with Crippen LogP contribution in [0.4, 0.5) is 10.6 Å². The maximum atomic E-state index is 12.9. The number of amides is 1. The first-order valence-electron chi connectivity index (χ1n) is 13.1. The summed E-state index contributed by atoms with van der Waals surface area (Å²) >= 11 is 0. The topological polar surface area (TPSA) is 91.6 Å². The van der Waals surface area contributed by atoms with Crippen LogP contribution in [0.2, 0.25) is 0 Å². The maximum absolute atomic E-state index is 12.9. The highest BCUT2D eigenvalue weighted by atomic mass is 16.6. The molecule has 38 heavy (non-hydrogen) atoms. The molecule has 1 aromatic heterocycles. The number of fused-ring (bicyclic) bond motifs is 2. The van der Waals surface area contributed by atoms with Crippen molar-refractivity contribution in [1.82, 2.24) is 14.9 Å². The zero-order chi connectivity index (χ0) is 26.9. The Morgan fingerprint density at radius 1 is 1.21 bits per heavy atom. The van der Waals surface area contributed by atoms with Gasteiger partial charge in [0.2, 0.25) is 5.88 Å². The summed E-state index contributed by atoms with van der Waals surface area (Å²) < 4.78 is 12.1. The van der Waals surface area contributed by atoms with Crippen LogP contribution in [0.3, 0.4) is 0 Å². The number of benzene rings is 2. The monoisotopic (exact) mass is 511 g/mol. The zero-order valence-corrected chi connectivity index (χ0v) is 22.2. The molecule has 0 saturated carbocycles. The van der Waals surface area contributed by atoms with Gasteiger partial charge in [0.1, 0.15) is 17.5 Å². The Bertz CT molecular complexity index is 1400. The predicted octanol–water partition coefficient (Wildman–Crippen LogP) is 5.68. The largest absolute Gasteiger partial charge is 0.469 e. The van der Waals surface area contributed by atoms with Gasteiger partial charge in [-0.2, -0.15) is 10.2 Å². The van der Waals surface area contributed by atoms with E-state index in [1.807, 2.05) is 32.9 Å². The first-order chi connectivity index (χ1) is 18.3. The fraction of sp³-hybridized carbons (Fsp3) is 0.400. The minimum atomic E-state index is -0.603.